The van der Waals surface area contributed by atoms with E-state index in [2.05, 4.69) is 13.8 Å². The second-order valence-corrected chi connectivity index (χ2v) is 7.74. The maximum absolute atomic E-state index is 11.6. The van der Waals surface area contributed by atoms with Gasteiger partial charge in [-0.15, -0.1) is 0 Å². The zero-order chi connectivity index (χ0) is 15.5. The molecule has 0 heterocycles. The highest BCUT2D eigenvalue weighted by atomic mass is 35.7. The van der Waals surface area contributed by atoms with Gasteiger partial charge in [0.15, 0.2) is 0 Å². The third-order valence-corrected chi connectivity index (χ3v) is 5.31. The summed E-state index contributed by atoms with van der Waals surface area (Å²) in [5.74, 6) is 1.30. The average Bonchev–Trinajstić information content (AvgIpc) is 2.37. The Balaban J connectivity index is 3.15. The van der Waals surface area contributed by atoms with E-state index < -0.39 is 9.05 Å². The van der Waals surface area contributed by atoms with Gasteiger partial charge in [0.05, 0.1) is 11.5 Å². The molecule has 5 heteroatoms. The van der Waals surface area contributed by atoms with Gasteiger partial charge in [0, 0.05) is 10.7 Å². The van der Waals surface area contributed by atoms with Gasteiger partial charge in [-0.25, -0.2) is 8.42 Å². The number of hydrogen-bond acceptors (Lipinski definition) is 3. The van der Waals surface area contributed by atoms with E-state index in [4.69, 9.17) is 15.4 Å². The number of hydrogen-bond donors (Lipinski definition) is 0. The largest absolute Gasteiger partial charge is 0.493 e. The van der Waals surface area contributed by atoms with Crippen LogP contribution in [-0.4, -0.2) is 15.0 Å². The lowest BCUT2D eigenvalue weighted by atomic mass is 10.0. The lowest BCUT2D eigenvalue weighted by molar-refractivity contribution is 0.237. The van der Waals surface area contributed by atoms with Gasteiger partial charge in [-0.2, -0.15) is 0 Å². The maximum Gasteiger partial charge on any atom is 0.261 e. The van der Waals surface area contributed by atoms with Crippen LogP contribution in [0.3, 0.4) is 0 Å². The molecule has 0 aliphatic rings. The summed E-state index contributed by atoms with van der Waals surface area (Å²) in [6, 6.07) is 1.59. The van der Waals surface area contributed by atoms with Crippen LogP contribution in [0, 0.1) is 26.7 Å². The third kappa shape index (κ3) is 3.89. The minimum absolute atomic E-state index is 0.170. The van der Waals surface area contributed by atoms with Gasteiger partial charge in [0.1, 0.15) is 5.75 Å². The van der Waals surface area contributed by atoms with E-state index in [9.17, 15) is 8.42 Å². The summed E-state index contributed by atoms with van der Waals surface area (Å²) in [6.45, 7) is 10.4. The topological polar surface area (TPSA) is 43.4 Å². The lowest BCUT2D eigenvalue weighted by Gasteiger charge is -2.19. The second kappa shape index (κ2) is 6.81. The molecule has 0 N–H and O–H groups in total. The number of ether oxygens (including phenoxy) is 1. The predicted octanol–water partition coefficient (Wildman–Crippen LogP) is 4.35. The Kier molecular flexibility index (Phi) is 5.90. The van der Waals surface area contributed by atoms with Crippen LogP contribution < -0.4 is 4.74 Å². The van der Waals surface area contributed by atoms with Gasteiger partial charge in [-0.1, -0.05) is 26.7 Å². The Labute approximate surface area is 126 Å². The standard InChI is InChI=1S/C15H23ClO3S/c1-6-13(7-2)9-19-15-10(3)8-14(20(16,17)18)11(4)12(15)5/h8,13H,6-7,9H2,1-5H3. The van der Waals surface area contributed by atoms with Crippen LogP contribution in [0.5, 0.6) is 5.75 Å². The molecule has 0 radical (unpaired) electrons. The molecule has 0 amide bonds. The van der Waals surface area contributed by atoms with Gasteiger partial charge < -0.3 is 4.74 Å². The van der Waals surface area contributed by atoms with Crippen LogP contribution in [0.25, 0.3) is 0 Å². The van der Waals surface area contributed by atoms with Gasteiger partial charge in [-0.3, -0.25) is 0 Å². The highest BCUT2D eigenvalue weighted by Gasteiger charge is 2.19. The molecule has 20 heavy (non-hydrogen) atoms. The van der Waals surface area contributed by atoms with Crippen LogP contribution in [0.15, 0.2) is 11.0 Å². The summed E-state index contributed by atoms with van der Waals surface area (Å²) < 4.78 is 29.0. The monoisotopic (exact) mass is 318 g/mol. The van der Waals surface area contributed by atoms with Crippen molar-refractivity contribution in [3.63, 3.8) is 0 Å². The molecule has 0 spiro atoms. The molecule has 3 nitrogen and oxygen atoms in total. The first-order chi connectivity index (χ1) is 9.22. The molecule has 0 aliphatic carbocycles. The second-order valence-electron chi connectivity index (χ2n) is 5.20. The first-order valence-electron chi connectivity index (χ1n) is 6.90. The fourth-order valence-corrected chi connectivity index (χ4v) is 3.54. The van der Waals surface area contributed by atoms with Crippen molar-refractivity contribution in [2.24, 2.45) is 5.92 Å². The van der Waals surface area contributed by atoms with Crippen LogP contribution in [0.4, 0.5) is 0 Å². The predicted molar refractivity (Wildman–Crippen MR) is 83.3 cm³/mol. The van der Waals surface area contributed by atoms with Crippen LogP contribution in [0.1, 0.15) is 43.4 Å². The molecule has 1 aromatic carbocycles. The van der Waals surface area contributed by atoms with E-state index in [0.717, 1.165) is 29.7 Å². The molecule has 1 rings (SSSR count). The Hall–Kier alpha value is -0.740. The lowest BCUT2D eigenvalue weighted by Crippen LogP contribution is -2.12. The maximum atomic E-state index is 11.6. The summed E-state index contributed by atoms with van der Waals surface area (Å²) in [4.78, 5) is 0.170. The van der Waals surface area contributed by atoms with Crippen LogP contribution in [-0.2, 0) is 9.05 Å². The van der Waals surface area contributed by atoms with E-state index in [-0.39, 0.29) is 4.90 Å². The molecule has 0 saturated carbocycles. The van der Waals surface area contributed by atoms with E-state index in [0.29, 0.717) is 18.1 Å². The molecule has 0 fully saturated rings. The fraction of sp³-hybridized carbons (Fsp3) is 0.600. The smallest absolute Gasteiger partial charge is 0.261 e. The van der Waals surface area contributed by atoms with Crippen molar-refractivity contribution in [1.29, 1.82) is 0 Å². The van der Waals surface area contributed by atoms with E-state index in [1.807, 2.05) is 13.8 Å². The van der Waals surface area contributed by atoms with Gasteiger partial charge in [-0.05, 0) is 49.4 Å². The zero-order valence-corrected chi connectivity index (χ0v) is 14.4. The molecule has 0 aliphatic heterocycles. The van der Waals surface area contributed by atoms with Crippen molar-refractivity contribution in [3.05, 3.63) is 22.8 Å². The van der Waals surface area contributed by atoms with Crippen LogP contribution >= 0.6 is 10.7 Å². The Morgan fingerprint density at radius 2 is 1.70 bits per heavy atom. The minimum atomic E-state index is -3.72. The van der Waals surface area contributed by atoms with E-state index in [1.165, 1.54) is 0 Å². The molecule has 0 saturated heterocycles. The number of aryl methyl sites for hydroxylation is 1. The van der Waals surface area contributed by atoms with Crippen molar-refractivity contribution in [1.82, 2.24) is 0 Å². The Morgan fingerprint density at radius 3 is 2.15 bits per heavy atom. The number of rotatable bonds is 6. The molecule has 114 valence electrons. The molecular weight excluding hydrogens is 296 g/mol. The molecule has 0 unspecified atom stereocenters. The van der Waals surface area contributed by atoms with Crippen LogP contribution in [0.2, 0.25) is 0 Å². The van der Waals surface area contributed by atoms with Crippen molar-refractivity contribution >= 4 is 19.7 Å². The molecular formula is C15H23ClO3S. The van der Waals surface area contributed by atoms with Crippen molar-refractivity contribution in [3.8, 4) is 5.75 Å². The molecule has 0 bridgehead atoms. The van der Waals surface area contributed by atoms with Crippen molar-refractivity contribution < 1.29 is 13.2 Å². The first kappa shape index (κ1) is 17.3. The molecule has 1 aromatic rings. The Morgan fingerprint density at radius 1 is 1.15 bits per heavy atom. The van der Waals surface area contributed by atoms with Crippen molar-refractivity contribution in [2.45, 2.75) is 52.4 Å². The summed E-state index contributed by atoms with van der Waals surface area (Å²) >= 11 is 0. The summed E-state index contributed by atoms with van der Waals surface area (Å²) in [5.41, 5.74) is 2.30. The van der Waals surface area contributed by atoms with Gasteiger partial charge >= 0.3 is 0 Å². The number of halogens is 1. The van der Waals surface area contributed by atoms with E-state index >= 15 is 0 Å². The normalized spacial score (nSPS) is 11.9. The molecule has 0 aromatic heterocycles. The third-order valence-electron chi connectivity index (χ3n) is 3.86. The van der Waals surface area contributed by atoms with Gasteiger partial charge in [0.25, 0.3) is 9.05 Å². The highest BCUT2D eigenvalue weighted by Crippen LogP contribution is 2.33. The average molecular weight is 319 g/mol. The minimum Gasteiger partial charge on any atom is -0.493 e. The molecule has 0 atom stereocenters. The first-order valence-corrected chi connectivity index (χ1v) is 9.21. The summed E-state index contributed by atoms with van der Waals surface area (Å²) in [5, 5.41) is 0. The summed E-state index contributed by atoms with van der Waals surface area (Å²) in [7, 11) is 1.74. The number of benzene rings is 1. The summed E-state index contributed by atoms with van der Waals surface area (Å²) in [6.07, 6.45) is 2.14. The van der Waals surface area contributed by atoms with Crippen molar-refractivity contribution in [2.75, 3.05) is 6.61 Å². The Bertz CT molecular complexity index is 575. The highest BCUT2D eigenvalue weighted by molar-refractivity contribution is 8.13. The fourth-order valence-electron chi connectivity index (χ4n) is 2.22. The van der Waals surface area contributed by atoms with Gasteiger partial charge in [0.2, 0.25) is 0 Å². The SMILES string of the molecule is CCC(CC)COc1c(C)cc(S(=O)(=O)Cl)c(C)c1C. The zero-order valence-electron chi connectivity index (χ0n) is 12.8. The van der Waals surface area contributed by atoms with E-state index in [1.54, 1.807) is 13.0 Å². The quantitative estimate of drug-likeness (QED) is 0.732.